The minimum Gasteiger partial charge on any atom is -0.399 e. The zero-order valence-electron chi connectivity index (χ0n) is 12.3. The molecular formula is C17H21N3O. The van der Waals surface area contributed by atoms with Crippen molar-refractivity contribution < 1.29 is 4.52 Å². The van der Waals surface area contributed by atoms with E-state index in [-0.39, 0.29) is 0 Å². The van der Waals surface area contributed by atoms with E-state index in [0.29, 0.717) is 11.8 Å². The molecule has 0 bridgehead atoms. The Kier molecular flexibility index (Phi) is 4.04. The Bertz CT molecular complexity index is 624. The minimum absolute atomic E-state index is 0.458. The summed E-state index contributed by atoms with van der Waals surface area (Å²) in [6.45, 7) is 2.31. The fraction of sp³-hybridized carbons (Fsp3) is 0.412. The highest BCUT2D eigenvalue weighted by atomic mass is 16.5. The van der Waals surface area contributed by atoms with Crippen molar-refractivity contribution in [3.8, 4) is 0 Å². The molecule has 2 N–H and O–H groups in total. The topological polar surface area (TPSA) is 64.9 Å². The van der Waals surface area contributed by atoms with Crippen LogP contribution in [0, 0.1) is 5.92 Å². The molecule has 4 heteroatoms. The molecule has 0 aliphatic heterocycles. The lowest BCUT2D eigenvalue weighted by molar-refractivity contribution is 0.327. The Morgan fingerprint density at radius 1 is 1.19 bits per heavy atom. The molecule has 0 unspecified atom stereocenters. The molecule has 21 heavy (non-hydrogen) atoms. The van der Waals surface area contributed by atoms with Crippen molar-refractivity contribution >= 4 is 17.8 Å². The first-order chi connectivity index (χ1) is 10.2. The minimum atomic E-state index is 0.458. The molecular weight excluding hydrogens is 262 g/mol. The Balaban J connectivity index is 1.67. The number of anilines is 1. The van der Waals surface area contributed by atoms with E-state index in [0.717, 1.165) is 23.0 Å². The van der Waals surface area contributed by atoms with E-state index in [2.05, 4.69) is 17.1 Å². The molecule has 2 aromatic rings. The summed E-state index contributed by atoms with van der Waals surface area (Å²) in [6.07, 6.45) is 8.63. The highest BCUT2D eigenvalue weighted by Gasteiger charge is 2.23. The molecule has 3 rings (SSSR count). The summed E-state index contributed by atoms with van der Waals surface area (Å²) >= 11 is 0. The van der Waals surface area contributed by atoms with Crippen LogP contribution in [0.3, 0.4) is 0 Å². The van der Waals surface area contributed by atoms with Crippen LogP contribution in [-0.2, 0) is 0 Å². The van der Waals surface area contributed by atoms with Gasteiger partial charge in [-0.2, -0.15) is 4.98 Å². The molecule has 1 aliphatic carbocycles. The highest BCUT2D eigenvalue weighted by molar-refractivity contribution is 5.67. The molecule has 1 aromatic heterocycles. The van der Waals surface area contributed by atoms with Crippen molar-refractivity contribution in [2.45, 2.75) is 38.5 Å². The predicted molar refractivity (Wildman–Crippen MR) is 84.5 cm³/mol. The van der Waals surface area contributed by atoms with Gasteiger partial charge in [-0.1, -0.05) is 37.1 Å². The van der Waals surface area contributed by atoms with Gasteiger partial charge in [0.1, 0.15) is 0 Å². The molecule has 1 aromatic carbocycles. The van der Waals surface area contributed by atoms with Crippen LogP contribution in [0.5, 0.6) is 0 Å². The van der Waals surface area contributed by atoms with E-state index >= 15 is 0 Å². The first kappa shape index (κ1) is 13.9. The van der Waals surface area contributed by atoms with Crippen LogP contribution >= 0.6 is 0 Å². The van der Waals surface area contributed by atoms with E-state index in [9.17, 15) is 0 Å². The first-order valence-electron chi connectivity index (χ1n) is 7.58. The van der Waals surface area contributed by atoms with Crippen molar-refractivity contribution in [3.05, 3.63) is 41.5 Å². The zero-order chi connectivity index (χ0) is 14.7. The van der Waals surface area contributed by atoms with Crippen molar-refractivity contribution in [2.75, 3.05) is 5.73 Å². The summed E-state index contributed by atoms with van der Waals surface area (Å²) < 4.78 is 5.32. The SMILES string of the molecule is CC1CCC(c2noc(/C=C/c3cccc(N)c3)n2)CC1. The van der Waals surface area contributed by atoms with Crippen LogP contribution < -0.4 is 5.73 Å². The van der Waals surface area contributed by atoms with E-state index in [1.807, 2.05) is 36.4 Å². The van der Waals surface area contributed by atoms with Crippen LogP contribution in [-0.4, -0.2) is 10.1 Å². The molecule has 0 atom stereocenters. The fourth-order valence-electron chi connectivity index (χ4n) is 2.83. The molecule has 0 amide bonds. The fourth-order valence-corrected chi connectivity index (χ4v) is 2.83. The van der Waals surface area contributed by atoms with Gasteiger partial charge in [0.25, 0.3) is 5.89 Å². The maximum atomic E-state index is 5.76. The first-order valence-corrected chi connectivity index (χ1v) is 7.58. The predicted octanol–water partition coefficient (Wildman–Crippen LogP) is 4.12. The van der Waals surface area contributed by atoms with Crippen molar-refractivity contribution in [1.82, 2.24) is 10.1 Å². The van der Waals surface area contributed by atoms with E-state index < -0.39 is 0 Å². The average Bonchev–Trinajstić information content (AvgIpc) is 2.95. The van der Waals surface area contributed by atoms with Gasteiger partial charge in [0, 0.05) is 17.7 Å². The molecule has 110 valence electrons. The maximum absolute atomic E-state index is 5.76. The lowest BCUT2D eigenvalue weighted by atomic mass is 9.83. The molecule has 0 saturated heterocycles. The number of aromatic nitrogens is 2. The number of benzene rings is 1. The molecule has 1 fully saturated rings. The van der Waals surface area contributed by atoms with Gasteiger partial charge in [-0.3, -0.25) is 0 Å². The van der Waals surface area contributed by atoms with Crippen LogP contribution in [0.4, 0.5) is 5.69 Å². The molecule has 1 heterocycles. The molecule has 1 saturated carbocycles. The zero-order valence-corrected chi connectivity index (χ0v) is 12.3. The quantitative estimate of drug-likeness (QED) is 0.861. The molecule has 4 nitrogen and oxygen atoms in total. The average molecular weight is 283 g/mol. The molecule has 0 spiro atoms. The smallest absolute Gasteiger partial charge is 0.250 e. The number of nitrogens with zero attached hydrogens (tertiary/aromatic N) is 2. The van der Waals surface area contributed by atoms with E-state index in [1.165, 1.54) is 25.7 Å². The Morgan fingerprint density at radius 3 is 2.76 bits per heavy atom. The summed E-state index contributed by atoms with van der Waals surface area (Å²) in [5, 5.41) is 4.13. The van der Waals surface area contributed by atoms with Crippen LogP contribution in [0.25, 0.3) is 12.2 Å². The third-order valence-electron chi connectivity index (χ3n) is 4.17. The number of hydrogen-bond acceptors (Lipinski definition) is 4. The van der Waals surface area contributed by atoms with Crippen LogP contribution in [0.15, 0.2) is 28.8 Å². The summed E-state index contributed by atoms with van der Waals surface area (Å²) in [5.74, 6) is 2.70. The standard InChI is InChI=1S/C17H21N3O/c1-12-5-8-14(9-6-12)17-19-16(21-20-17)10-7-13-3-2-4-15(18)11-13/h2-4,7,10-12,14H,5-6,8-9,18H2,1H3/b10-7+. The van der Waals surface area contributed by atoms with Gasteiger partial charge in [0.15, 0.2) is 5.82 Å². The monoisotopic (exact) mass is 283 g/mol. The number of rotatable bonds is 3. The van der Waals surface area contributed by atoms with Crippen molar-refractivity contribution in [2.24, 2.45) is 5.92 Å². The second-order valence-electron chi connectivity index (χ2n) is 5.95. The summed E-state index contributed by atoms with van der Waals surface area (Å²) in [5.41, 5.74) is 7.53. The second-order valence-corrected chi connectivity index (χ2v) is 5.95. The highest BCUT2D eigenvalue weighted by Crippen LogP contribution is 2.34. The number of hydrogen-bond donors (Lipinski definition) is 1. The van der Waals surface area contributed by atoms with Gasteiger partial charge >= 0.3 is 0 Å². The third-order valence-corrected chi connectivity index (χ3v) is 4.17. The summed E-state index contributed by atoms with van der Waals surface area (Å²) in [7, 11) is 0. The number of nitrogens with two attached hydrogens (primary N) is 1. The van der Waals surface area contributed by atoms with Gasteiger partial charge < -0.3 is 10.3 Å². The lowest BCUT2D eigenvalue weighted by Gasteiger charge is -2.23. The van der Waals surface area contributed by atoms with Gasteiger partial charge in [-0.25, -0.2) is 0 Å². The van der Waals surface area contributed by atoms with Crippen molar-refractivity contribution in [3.63, 3.8) is 0 Å². The van der Waals surface area contributed by atoms with Gasteiger partial charge in [0.2, 0.25) is 0 Å². The summed E-state index contributed by atoms with van der Waals surface area (Å²) in [4.78, 5) is 4.50. The Hall–Kier alpha value is -2.10. The van der Waals surface area contributed by atoms with Crippen LogP contribution in [0.1, 0.15) is 55.8 Å². The summed E-state index contributed by atoms with van der Waals surface area (Å²) in [6, 6.07) is 7.70. The Labute approximate surface area is 125 Å². The maximum Gasteiger partial charge on any atom is 0.250 e. The van der Waals surface area contributed by atoms with Gasteiger partial charge in [-0.05, 0) is 42.5 Å². The largest absolute Gasteiger partial charge is 0.399 e. The van der Waals surface area contributed by atoms with Gasteiger partial charge in [-0.15, -0.1) is 0 Å². The second kappa shape index (κ2) is 6.12. The number of nitrogen functional groups attached to an aromatic ring is 1. The Morgan fingerprint density at radius 2 is 2.00 bits per heavy atom. The van der Waals surface area contributed by atoms with Gasteiger partial charge in [0.05, 0.1) is 0 Å². The van der Waals surface area contributed by atoms with Crippen LogP contribution in [0.2, 0.25) is 0 Å². The van der Waals surface area contributed by atoms with E-state index in [4.69, 9.17) is 10.3 Å². The molecule has 1 aliphatic rings. The normalized spacial score (nSPS) is 22.7. The third kappa shape index (κ3) is 3.51. The lowest BCUT2D eigenvalue weighted by Crippen LogP contribution is -2.11. The molecule has 0 radical (unpaired) electrons. The van der Waals surface area contributed by atoms with Crippen molar-refractivity contribution in [1.29, 1.82) is 0 Å². The van der Waals surface area contributed by atoms with E-state index in [1.54, 1.807) is 0 Å².